The lowest BCUT2D eigenvalue weighted by atomic mass is 10.4. The van der Waals surface area contributed by atoms with E-state index in [0.717, 1.165) is 5.69 Å². The van der Waals surface area contributed by atoms with Gasteiger partial charge in [0.2, 0.25) is 0 Å². The Hall–Kier alpha value is -1.03. The smallest absolute Gasteiger partial charge is 0.197 e. The standard InChI is InChI=1S/C7H13N3O/c1-5(2)11-4-6-3-9-7(8)10-6/h3,5H,4H2,1-2H3,(H3,8,9,10). The highest BCUT2D eigenvalue weighted by molar-refractivity contribution is 5.17. The van der Waals surface area contributed by atoms with E-state index in [0.29, 0.717) is 12.6 Å². The maximum Gasteiger partial charge on any atom is 0.197 e. The molecule has 11 heavy (non-hydrogen) atoms. The quantitative estimate of drug-likeness (QED) is 0.682. The summed E-state index contributed by atoms with van der Waals surface area (Å²) >= 11 is 0. The number of hydrogen-bond donors (Lipinski definition) is 2. The summed E-state index contributed by atoms with van der Waals surface area (Å²) in [5, 5.41) is 0. The molecule has 0 unspecified atom stereocenters. The zero-order chi connectivity index (χ0) is 8.27. The summed E-state index contributed by atoms with van der Waals surface area (Å²) in [5.41, 5.74) is 6.28. The van der Waals surface area contributed by atoms with E-state index < -0.39 is 0 Å². The van der Waals surface area contributed by atoms with Crippen molar-refractivity contribution in [2.75, 3.05) is 5.73 Å². The van der Waals surface area contributed by atoms with E-state index in [1.807, 2.05) is 13.8 Å². The Morgan fingerprint density at radius 2 is 2.45 bits per heavy atom. The van der Waals surface area contributed by atoms with Crippen LogP contribution in [0.5, 0.6) is 0 Å². The molecule has 0 aliphatic rings. The van der Waals surface area contributed by atoms with E-state index in [1.165, 1.54) is 0 Å². The molecule has 3 N–H and O–H groups in total. The van der Waals surface area contributed by atoms with Crippen molar-refractivity contribution in [2.24, 2.45) is 0 Å². The topological polar surface area (TPSA) is 63.9 Å². The van der Waals surface area contributed by atoms with Gasteiger partial charge in [-0.25, -0.2) is 4.98 Å². The van der Waals surface area contributed by atoms with Crippen LogP contribution in [0.15, 0.2) is 6.20 Å². The molecule has 0 spiro atoms. The predicted octanol–water partition coefficient (Wildman–Crippen LogP) is 0.917. The number of nitrogens with one attached hydrogen (secondary N) is 1. The van der Waals surface area contributed by atoms with Crippen LogP contribution < -0.4 is 5.73 Å². The highest BCUT2D eigenvalue weighted by Crippen LogP contribution is 2.01. The van der Waals surface area contributed by atoms with Crippen LogP contribution in [-0.2, 0) is 11.3 Å². The van der Waals surface area contributed by atoms with E-state index in [1.54, 1.807) is 6.20 Å². The number of hydrogen-bond acceptors (Lipinski definition) is 3. The number of imidazole rings is 1. The van der Waals surface area contributed by atoms with Gasteiger partial charge in [-0.05, 0) is 13.8 Å². The number of H-pyrrole nitrogens is 1. The lowest BCUT2D eigenvalue weighted by Gasteiger charge is -2.04. The first-order chi connectivity index (χ1) is 5.18. The van der Waals surface area contributed by atoms with Crippen LogP contribution in [0, 0.1) is 0 Å². The summed E-state index contributed by atoms with van der Waals surface area (Å²) < 4.78 is 5.31. The van der Waals surface area contributed by atoms with Crippen LogP contribution in [0.3, 0.4) is 0 Å². The molecule has 0 fully saturated rings. The molecule has 0 atom stereocenters. The van der Waals surface area contributed by atoms with Crippen LogP contribution in [0.4, 0.5) is 5.95 Å². The molecule has 62 valence electrons. The van der Waals surface area contributed by atoms with Crippen LogP contribution >= 0.6 is 0 Å². The molecule has 0 saturated heterocycles. The van der Waals surface area contributed by atoms with E-state index in [2.05, 4.69) is 9.97 Å². The second-order valence-electron chi connectivity index (χ2n) is 2.65. The van der Waals surface area contributed by atoms with Crippen molar-refractivity contribution in [3.63, 3.8) is 0 Å². The van der Waals surface area contributed by atoms with E-state index in [9.17, 15) is 0 Å². The Morgan fingerprint density at radius 1 is 1.73 bits per heavy atom. The second-order valence-corrected chi connectivity index (χ2v) is 2.65. The van der Waals surface area contributed by atoms with Crippen molar-refractivity contribution >= 4 is 5.95 Å². The van der Waals surface area contributed by atoms with Gasteiger partial charge in [0.25, 0.3) is 0 Å². The second kappa shape index (κ2) is 3.39. The lowest BCUT2D eigenvalue weighted by Crippen LogP contribution is -2.02. The van der Waals surface area contributed by atoms with Gasteiger partial charge >= 0.3 is 0 Å². The summed E-state index contributed by atoms with van der Waals surface area (Å²) in [7, 11) is 0. The fourth-order valence-corrected chi connectivity index (χ4v) is 0.706. The number of nitrogens with two attached hydrogens (primary N) is 1. The molecule has 0 radical (unpaired) electrons. The largest absolute Gasteiger partial charge is 0.373 e. The molecular formula is C7H13N3O. The summed E-state index contributed by atoms with van der Waals surface area (Å²) in [6.07, 6.45) is 1.91. The SMILES string of the molecule is CC(C)OCc1cnc(N)[nH]1. The first-order valence-corrected chi connectivity index (χ1v) is 3.59. The van der Waals surface area contributed by atoms with Crippen LogP contribution in [0.1, 0.15) is 19.5 Å². The number of anilines is 1. The average Bonchev–Trinajstić information content (AvgIpc) is 2.31. The van der Waals surface area contributed by atoms with Crippen molar-refractivity contribution in [1.82, 2.24) is 9.97 Å². The third kappa shape index (κ3) is 2.59. The minimum absolute atomic E-state index is 0.236. The van der Waals surface area contributed by atoms with Gasteiger partial charge in [-0.2, -0.15) is 0 Å². The van der Waals surface area contributed by atoms with Crippen molar-refractivity contribution in [3.8, 4) is 0 Å². The minimum Gasteiger partial charge on any atom is -0.373 e. The number of nitrogens with zero attached hydrogens (tertiary/aromatic N) is 1. The van der Waals surface area contributed by atoms with Crippen molar-refractivity contribution in [2.45, 2.75) is 26.6 Å². The molecule has 1 rings (SSSR count). The van der Waals surface area contributed by atoms with Gasteiger partial charge in [0.1, 0.15) is 0 Å². The molecular weight excluding hydrogens is 142 g/mol. The van der Waals surface area contributed by atoms with Gasteiger partial charge in [0, 0.05) is 0 Å². The predicted molar refractivity (Wildman–Crippen MR) is 42.9 cm³/mol. The molecule has 1 aromatic rings. The van der Waals surface area contributed by atoms with Gasteiger partial charge in [0.05, 0.1) is 24.6 Å². The molecule has 0 bridgehead atoms. The van der Waals surface area contributed by atoms with E-state index in [4.69, 9.17) is 10.5 Å². The Balaban J connectivity index is 2.39. The summed E-state index contributed by atoms with van der Waals surface area (Å²) in [6, 6.07) is 0. The third-order valence-corrected chi connectivity index (χ3v) is 1.22. The molecule has 0 aliphatic carbocycles. The summed E-state index contributed by atoms with van der Waals surface area (Å²) in [5.74, 6) is 0.437. The van der Waals surface area contributed by atoms with Crippen molar-refractivity contribution in [3.05, 3.63) is 11.9 Å². The van der Waals surface area contributed by atoms with Gasteiger partial charge in [-0.15, -0.1) is 0 Å². The highest BCUT2D eigenvalue weighted by Gasteiger charge is 1.98. The maximum atomic E-state index is 5.36. The van der Waals surface area contributed by atoms with Crippen LogP contribution in [-0.4, -0.2) is 16.1 Å². The molecule has 1 heterocycles. The monoisotopic (exact) mass is 155 g/mol. The Labute approximate surface area is 65.8 Å². The summed E-state index contributed by atoms with van der Waals surface area (Å²) in [6.45, 7) is 4.52. The lowest BCUT2D eigenvalue weighted by molar-refractivity contribution is 0.0638. The number of aromatic nitrogens is 2. The van der Waals surface area contributed by atoms with Crippen LogP contribution in [0.25, 0.3) is 0 Å². The highest BCUT2D eigenvalue weighted by atomic mass is 16.5. The fraction of sp³-hybridized carbons (Fsp3) is 0.571. The van der Waals surface area contributed by atoms with Gasteiger partial charge in [-0.3, -0.25) is 0 Å². The Bertz CT molecular complexity index is 219. The number of nitrogen functional groups attached to an aromatic ring is 1. The summed E-state index contributed by atoms with van der Waals surface area (Å²) in [4.78, 5) is 6.71. The fourth-order valence-electron chi connectivity index (χ4n) is 0.706. The molecule has 0 aromatic carbocycles. The number of aromatic amines is 1. The first kappa shape index (κ1) is 8.07. The molecule has 0 amide bonds. The third-order valence-electron chi connectivity index (χ3n) is 1.22. The van der Waals surface area contributed by atoms with Crippen molar-refractivity contribution < 1.29 is 4.74 Å². The zero-order valence-electron chi connectivity index (χ0n) is 6.79. The molecule has 1 aromatic heterocycles. The van der Waals surface area contributed by atoms with E-state index in [-0.39, 0.29) is 6.10 Å². The Morgan fingerprint density at radius 3 is 2.91 bits per heavy atom. The molecule has 4 heteroatoms. The van der Waals surface area contributed by atoms with Crippen LogP contribution in [0.2, 0.25) is 0 Å². The van der Waals surface area contributed by atoms with Gasteiger partial charge < -0.3 is 15.5 Å². The first-order valence-electron chi connectivity index (χ1n) is 3.59. The number of ether oxygens (including phenoxy) is 1. The molecule has 0 aliphatic heterocycles. The van der Waals surface area contributed by atoms with E-state index >= 15 is 0 Å². The average molecular weight is 155 g/mol. The minimum atomic E-state index is 0.236. The Kier molecular flexibility index (Phi) is 2.48. The number of rotatable bonds is 3. The molecule has 0 saturated carbocycles. The maximum absolute atomic E-state index is 5.36. The normalized spacial score (nSPS) is 10.8. The zero-order valence-corrected chi connectivity index (χ0v) is 6.79. The van der Waals surface area contributed by atoms with Crippen molar-refractivity contribution in [1.29, 1.82) is 0 Å². The molecule has 4 nitrogen and oxygen atoms in total. The van der Waals surface area contributed by atoms with Gasteiger partial charge in [-0.1, -0.05) is 0 Å². The van der Waals surface area contributed by atoms with Gasteiger partial charge in [0.15, 0.2) is 5.95 Å².